The van der Waals surface area contributed by atoms with Crippen LogP contribution in [0.15, 0.2) is 29.4 Å². The van der Waals surface area contributed by atoms with Crippen molar-refractivity contribution in [2.45, 2.75) is 43.9 Å². The summed E-state index contributed by atoms with van der Waals surface area (Å²) in [4.78, 5) is 7.91. The van der Waals surface area contributed by atoms with Gasteiger partial charge in [0.05, 0.1) is 0 Å². The maximum absolute atomic E-state index is 13.5. The van der Waals surface area contributed by atoms with Crippen LogP contribution in [0.1, 0.15) is 31.7 Å². The number of nitrogens with zero attached hydrogens (tertiary/aromatic N) is 1. The second kappa shape index (κ2) is 8.61. The van der Waals surface area contributed by atoms with Gasteiger partial charge in [0.2, 0.25) is 0 Å². The minimum absolute atomic E-state index is 0.198. The zero-order valence-electron chi connectivity index (χ0n) is 14.9. The molecule has 136 valence electrons. The number of aliphatic imine (C=N–C) groups is 1. The predicted octanol–water partition coefficient (Wildman–Crippen LogP) is 3.69. The number of aromatic amines is 1. The predicted molar refractivity (Wildman–Crippen MR) is 106 cm³/mol. The van der Waals surface area contributed by atoms with Gasteiger partial charge >= 0.3 is 0 Å². The van der Waals surface area contributed by atoms with Gasteiger partial charge in [0.15, 0.2) is 5.96 Å². The van der Waals surface area contributed by atoms with Gasteiger partial charge in [-0.1, -0.05) is 0 Å². The summed E-state index contributed by atoms with van der Waals surface area (Å²) in [6.07, 6.45) is 8.62. The number of aromatic nitrogens is 1. The number of thioether (sulfide) groups is 1. The standard InChI is InChI=1S/C19H27FN4S/c1-3-21-19(24-15-5-6-16(11-15)25-2)22-9-8-13-12-23-18-7-4-14(20)10-17(13)18/h4,7,10,12,15-16,23H,3,5-6,8-9,11H2,1-2H3,(H2,21,22,24). The van der Waals surface area contributed by atoms with Crippen LogP contribution in [0.25, 0.3) is 10.9 Å². The molecule has 2 aromatic rings. The van der Waals surface area contributed by atoms with E-state index in [4.69, 9.17) is 4.99 Å². The second-order valence-corrected chi connectivity index (χ2v) is 7.66. The van der Waals surface area contributed by atoms with Gasteiger partial charge in [-0.05, 0) is 62.6 Å². The molecule has 0 amide bonds. The maximum atomic E-state index is 13.5. The van der Waals surface area contributed by atoms with Crippen LogP contribution in [0.3, 0.4) is 0 Å². The summed E-state index contributed by atoms with van der Waals surface area (Å²) >= 11 is 1.96. The smallest absolute Gasteiger partial charge is 0.191 e. The Bertz CT molecular complexity index is 727. The molecule has 0 spiro atoms. The van der Waals surface area contributed by atoms with E-state index in [1.165, 1.54) is 25.3 Å². The Morgan fingerprint density at radius 1 is 1.40 bits per heavy atom. The molecule has 25 heavy (non-hydrogen) atoms. The van der Waals surface area contributed by atoms with Crippen molar-refractivity contribution in [3.05, 3.63) is 35.8 Å². The van der Waals surface area contributed by atoms with E-state index >= 15 is 0 Å². The number of H-pyrrole nitrogens is 1. The maximum Gasteiger partial charge on any atom is 0.191 e. The number of hydrogen-bond donors (Lipinski definition) is 3. The molecule has 0 radical (unpaired) electrons. The first-order chi connectivity index (χ1) is 12.2. The van der Waals surface area contributed by atoms with Crippen LogP contribution in [0.2, 0.25) is 0 Å². The third-order valence-corrected chi connectivity index (χ3v) is 5.88. The van der Waals surface area contributed by atoms with Crippen molar-refractivity contribution >= 4 is 28.6 Å². The molecule has 1 heterocycles. The summed E-state index contributed by atoms with van der Waals surface area (Å²) in [7, 11) is 0. The summed E-state index contributed by atoms with van der Waals surface area (Å²) in [5.41, 5.74) is 2.08. The highest BCUT2D eigenvalue weighted by atomic mass is 32.2. The average molecular weight is 363 g/mol. The van der Waals surface area contributed by atoms with Gasteiger partial charge in [0.1, 0.15) is 5.82 Å². The molecular weight excluding hydrogens is 335 g/mol. The monoisotopic (exact) mass is 362 g/mol. The Hall–Kier alpha value is -1.69. The normalized spacial score (nSPS) is 21.0. The largest absolute Gasteiger partial charge is 0.361 e. The second-order valence-electron chi connectivity index (χ2n) is 6.53. The number of fused-ring (bicyclic) bond motifs is 1. The zero-order valence-corrected chi connectivity index (χ0v) is 15.8. The number of rotatable bonds is 6. The molecule has 2 unspecified atom stereocenters. The molecule has 3 rings (SSSR count). The van der Waals surface area contributed by atoms with Crippen LogP contribution in [-0.4, -0.2) is 41.6 Å². The van der Waals surface area contributed by atoms with Crippen molar-refractivity contribution in [2.75, 3.05) is 19.3 Å². The number of benzene rings is 1. The first-order valence-electron chi connectivity index (χ1n) is 9.02. The van der Waals surface area contributed by atoms with Crippen LogP contribution in [0.5, 0.6) is 0 Å². The molecule has 3 N–H and O–H groups in total. The van der Waals surface area contributed by atoms with Crippen LogP contribution in [0.4, 0.5) is 4.39 Å². The van der Waals surface area contributed by atoms with Gasteiger partial charge in [-0.2, -0.15) is 11.8 Å². The lowest BCUT2D eigenvalue weighted by molar-refractivity contribution is 0.615. The molecule has 1 aromatic heterocycles. The third kappa shape index (κ3) is 4.69. The van der Waals surface area contributed by atoms with E-state index in [0.717, 1.165) is 40.6 Å². The summed E-state index contributed by atoms with van der Waals surface area (Å²) in [5.74, 6) is 0.691. The molecule has 1 aromatic carbocycles. The van der Waals surface area contributed by atoms with E-state index in [0.29, 0.717) is 12.6 Å². The summed E-state index contributed by atoms with van der Waals surface area (Å²) in [6.45, 7) is 3.61. The van der Waals surface area contributed by atoms with E-state index in [9.17, 15) is 4.39 Å². The van der Waals surface area contributed by atoms with E-state index in [1.54, 1.807) is 12.1 Å². The number of nitrogens with one attached hydrogen (secondary N) is 3. The molecular formula is C19H27FN4S. The van der Waals surface area contributed by atoms with Crippen molar-refractivity contribution in [3.63, 3.8) is 0 Å². The van der Waals surface area contributed by atoms with Crippen LogP contribution in [0, 0.1) is 5.82 Å². The van der Waals surface area contributed by atoms with Crippen molar-refractivity contribution in [1.82, 2.24) is 15.6 Å². The van der Waals surface area contributed by atoms with Crippen LogP contribution in [-0.2, 0) is 6.42 Å². The van der Waals surface area contributed by atoms with Gasteiger partial charge < -0.3 is 15.6 Å². The van der Waals surface area contributed by atoms with Crippen molar-refractivity contribution in [2.24, 2.45) is 4.99 Å². The molecule has 1 aliphatic rings. The fraction of sp³-hybridized carbons (Fsp3) is 0.526. The van der Waals surface area contributed by atoms with Crippen LogP contribution >= 0.6 is 11.8 Å². The van der Waals surface area contributed by atoms with E-state index in [1.807, 2.05) is 18.0 Å². The first-order valence-corrected chi connectivity index (χ1v) is 10.3. The zero-order chi connectivity index (χ0) is 17.6. The van der Waals surface area contributed by atoms with Gasteiger partial charge in [-0.25, -0.2) is 4.39 Å². The first kappa shape index (κ1) is 18.1. The SMILES string of the molecule is CCNC(=NCCc1c[nH]c2ccc(F)cc12)NC1CCC(SC)C1. The van der Waals surface area contributed by atoms with Crippen LogP contribution < -0.4 is 10.6 Å². The van der Waals surface area contributed by atoms with E-state index in [2.05, 4.69) is 28.8 Å². The lowest BCUT2D eigenvalue weighted by Gasteiger charge is -2.17. The van der Waals surface area contributed by atoms with Gasteiger partial charge in [-0.15, -0.1) is 0 Å². The summed E-state index contributed by atoms with van der Waals surface area (Å²) < 4.78 is 13.5. The van der Waals surface area contributed by atoms with Gasteiger partial charge in [-0.3, -0.25) is 4.99 Å². The van der Waals surface area contributed by atoms with Crippen molar-refractivity contribution in [1.29, 1.82) is 0 Å². The minimum Gasteiger partial charge on any atom is -0.361 e. The molecule has 1 saturated carbocycles. The topological polar surface area (TPSA) is 52.2 Å². The molecule has 1 aliphatic carbocycles. The Morgan fingerprint density at radius 3 is 3.04 bits per heavy atom. The molecule has 6 heteroatoms. The van der Waals surface area contributed by atoms with E-state index < -0.39 is 0 Å². The third-order valence-electron chi connectivity index (χ3n) is 4.78. The van der Waals surface area contributed by atoms with Gasteiger partial charge in [0.25, 0.3) is 0 Å². The summed E-state index contributed by atoms with van der Waals surface area (Å²) in [5, 5.41) is 8.61. The molecule has 2 atom stereocenters. The quantitative estimate of drug-likeness (QED) is 0.543. The summed E-state index contributed by atoms with van der Waals surface area (Å²) in [6, 6.07) is 5.37. The Labute approximate surface area is 153 Å². The Morgan fingerprint density at radius 2 is 2.28 bits per heavy atom. The number of guanidine groups is 1. The molecule has 0 bridgehead atoms. The highest BCUT2D eigenvalue weighted by Crippen LogP contribution is 2.28. The highest BCUT2D eigenvalue weighted by Gasteiger charge is 2.24. The molecule has 1 fully saturated rings. The number of hydrogen-bond acceptors (Lipinski definition) is 2. The molecule has 0 saturated heterocycles. The Kier molecular flexibility index (Phi) is 6.24. The minimum atomic E-state index is -0.198. The highest BCUT2D eigenvalue weighted by molar-refractivity contribution is 7.99. The Balaban J connectivity index is 1.60. The fourth-order valence-corrected chi connectivity index (χ4v) is 4.24. The van der Waals surface area contributed by atoms with E-state index in [-0.39, 0.29) is 5.82 Å². The van der Waals surface area contributed by atoms with Crippen molar-refractivity contribution < 1.29 is 4.39 Å². The molecule has 0 aliphatic heterocycles. The van der Waals surface area contributed by atoms with Crippen molar-refractivity contribution in [3.8, 4) is 0 Å². The fourth-order valence-electron chi connectivity index (χ4n) is 3.44. The van der Waals surface area contributed by atoms with Gasteiger partial charge in [0, 0.05) is 41.5 Å². The average Bonchev–Trinajstić information content (AvgIpc) is 3.22. The number of halogens is 1. The lowest BCUT2D eigenvalue weighted by Crippen LogP contribution is -2.42. The lowest BCUT2D eigenvalue weighted by atomic mass is 10.1. The molecule has 4 nitrogen and oxygen atoms in total.